The van der Waals surface area contributed by atoms with Gasteiger partial charge in [-0.1, -0.05) is 0 Å². The van der Waals surface area contributed by atoms with Gasteiger partial charge in [0.25, 0.3) is 0 Å². The van der Waals surface area contributed by atoms with E-state index in [1.54, 1.807) is 19.5 Å². The van der Waals surface area contributed by atoms with Gasteiger partial charge >= 0.3 is 0 Å². The summed E-state index contributed by atoms with van der Waals surface area (Å²) in [7, 11) is -1.98. The van der Waals surface area contributed by atoms with E-state index in [-0.39, 0.29) is 17.3 Å². The van der Waals surface area contributed by atoms with Crippen LogP contribution in [0.2, 0.25) is 0 Å². The summed E-state index contributed by atoms with van der Waals surface area (Å²) in [6.07, 6.45) is 0.544. The molecule has 9 heteroatoms. The summed E-state index contributed by atoms with van der Waals surface area (Å²) in [4.78, 5) is 4.14. The highest BCUT2D eigenvalue weighted by Gasteiger charge is 2.24. The van der Waals surface area contributed by atoms with Crippen LogP contribution in [0.15, 0.2) is 15.8 Å². The molecule has 0 saturated carbocycles. The van der Waals surface area contributed by atoms with E-state index in [2.05, 4.69) is 14.8 Å². The first-order valence-electron chi connectivity index (χ1n) is 5.57. The molecule has 0 amide bonds. The molecule has 7 nitrogen and oxygen atoms in total. The number of nitrogen functional groups attached to an aromatic ring is 1. The molecule has 0 fully saturated rings. The highest BCUT2D eigenvalue weighted by atomic mass is 32.2. The van der Waals surface area contributed by atoms with Crippen LogP contribution in [0.25, 0.3) is 0 Å². The van der Waals surface area contributed by atoms with Gasteiger partial charge in [-0.05, 0) is 6.92 Å². The zero-order chi connectivity index (χ0) is 14.0. The largest absolute Gasteiger partial charge is 0.381 e. The fourth-order valence-electron chi connectivity index (χ4n) is 1.69. The fourth-order valence-corrected chi connectivity index (χ4v) is 3.64. The number of hydrogen-bond donors (Lipinski definition) is 2. The maximum Gasteiger partial charge on any atom is 0.246 e. The summed E-state index contributed by atoms with van der Waals surface area (Å²) in [5.74, 6) is 0.0150. The van der Waals surface area contributed by atoms with Crippen molar-refractivity contribution < 1.29 is 8.42 Å². The highest BCUT2D eigenvalue weighted by molar-refractivity contribution is 7.89. The van der Waals surface area contributed by atoms with E-state index in [0.717, 1.165) is 5.69 Å². The Kier molecular flexibility index (Phi) is 3.88. The minimum absolute atomic E-state index is 0.0150. The topological polar surface area (TPSA) is 103 Å². The Hall–Kier alpha value is -1.45. The van der Waals surface area contributed by atoms with E-state index < -0.39 is 10.0 Å². The van der Waals surface area contributed by atoms with Crippen molar-refractivity contribution in [1.82, 2.24) is 19.5 Å². The number of nitrogens with two attached hydrogens (primary N) is 1. The first-order chi connectivity index (χ1) is 8.92. The monoisotopic (exact) mass is 301 g/mol. The zero-order valence-electron chi connectivity index (χ0n) is 10.6. The van der Waals surface area contributed by atoms with Gasteiger partial charge < -0.3 is 5.73 Å². The molecule has 0 aliphatic carbocycles. The SMILES string of the molecule is Cc1c(S(=O)(=O)NCCc2cscn2)c(N)nn1C. The number of anilines is 1. The fraction of sp³-hybridized carbons (Fsp3) is 0.400. The first kappa shape index (κ1) is 14.0. The van der Waals surface area contributed by atoms with Crippen LogP contribution < -0.4 is 10.5 Å². The number of thiazole rings is 1. The van der Waals surface area contributed by atoms with Gasteiger partial charge in [-0.15, -0.1) is 11.3 Å². The van der Waals surface area contributed by atoms with Crippen LogP contribution in [0.4, 0.5) is 5.82 Å². The van der Waals surface area contributed by atoms with Crippen LogP contribution in [0.1, 0.15) is 11.4 Å². The molecule has 2 rings (SSSR count). The summed E-state index contributed by atoms with van der Waals surface area (Å²) in [6, 6.07) is 0. The lowest BCUT2D eigenvalue weighted by molar-refractivity contribution is 0.580. The Labute approximate surface area is 115 Å². The van der Waals surface area contributed by atoms with Crippen LogP contribution in [-0.2, 0) is 23.5 Å². The summed E-state index contributed by atoms with van der Waals surface area (Å²) < 4.78 is 28.3. The average Bonchev–Trinajstić information content (AvgIpc) is 2.88. The third kappa shape index (κ3) is 2.94. The molecule has 0 radical (unpaired) electrons. The van der Waals surface area contributed by atoms with Gasteiger partial charge in [0, 0.05) is 25.4 Å². The molecule has 19 heavy (non-hydrogen) atoms. The third-order valence-corrected chi connectivity index (χ3v) is 4.99. The smallest absolute Gasteiger partial charge is 0.246 e. The Morgan fingerprint density at radius 1 is 1.53 bits per heavy atom. The molecule has 0 atom stereocenters. The van der Waals surface area contributed by atoms with Crippen molar-refractivity contribution in [1.29, 1.82) is 0 Å². The summed E-state index contributed by atoms with van der Waals surface area (Å²) in [6.45, 7) is 1.94. The lowest BCUT2D eigenvalue weighted by Crippen LogP contribution is -2.27. The number of aryl methyl sites for hydroxylation is 1. The van der Waals surface area contributed by atoms with E-state index in [0.29, 0.717) is 12.1 Å². The number of nitrogens with one attached hydrogen (secondary N) is 1. The van der Waals surface area contributed by atoms with Crippen LogP contribution >= 0.6 is 11.3 Å². The van der Waals surface area contributed by atoms with Gasteiger partial charge in [-0.2, -0.15) is 5.10 Å². The minimum atomic E-state index is -3.64. The molecule has 2 aromatic heterocycles. The normalized spacial score (nSPS) is 11.9. The van der Waals surface area contributed by atoms with Crippen molar-refractivity contribution in [2.75, 3.05) is 12.3 Å². The Bertz CT molecular complexity index is 660. The van der Waals surface area contributed by atoms with E-state index in [1.807, 2.05) is 5.38 Å². The predicted molar refractivity (Wildman–Crippen MR) is 73.4 cm³/mol. The van der Waals surface area contributed by atoms with Crippen molar-refractivity contribution in [2.45, 2.75) is 18.2 Å². The number of rotatable bonds is 5. The van der Waals surface area contributed by atoms with E-state index in [9.17, 15) is 8.42 Å². The van der Waals surface area contributed by atoms with E-state index in [4.69, 9.17) is 5.73 Å². The minimum Gasteiger partial charge on any atom is -0.381 e. The van der Waals surface area contributed by atoms with Crippen LogP contribution in [-0.4, -0.2) is 29.7 Å². The number of nitrogens with zero attached hydrogens (tertiary/aromatic N) is 3. The van der Waals surface area contributed by atoms with E-state index >= 15 is 0 Å². The summed E-state index contributed by atoms with van der Waals surface area (Å²) in [5, 5.41) is 5.79. The first-order valence-corrected chi connectivity index (χ1v) is 8.00. The molecule has 0 saturated heterocycles. The molecular formula is C10H15N5O2S2. The van der Waals surface area contributed by atoms with Gasteiger partial charge in [-0.3, -0.25) is 4.68 Å². The second-order valence-corrected chi connectivity index (χ2v) is 6.47. The third-order valence-electron chi connectivity index (χ3n) is 2.73. The molecule has 0 bridgehead atoms. The van der Waals surface area contributed by atoms with Crippen LogP contribution in [0.5, 0.6) is 0 Å². The maximum atomic E-state index is 12.2. The molecule has 0 spiro atoms. The Morgan fingerprint density at radius 3 is 2.79 bits per heavy atom. The molecular weight excluding hydrogens is 286 g/mol. The van der Waals surface area contributed by atoms with Crippen molar-refractivity contribution in [3.05, 3.63) is 22.3 Å². The molecule has 0 aliphatic rings. The Morgan fingerprint density at radius 2 is 2.26 bits per heavy atom. The van der Waals surface area contributed by atoms with Gasteiger partial charge in [0.05, 0.1) is 16.9 Å². The standard InChI is InChI=1S/C10H15N5O2S2/c1-7-9(10(11)14-15(7)2)19(16,17)13-4-3-8-5-18-6-12-8/h5-6,13H,3-4H2,1-2H3,(H2,11,14). The van der Waals surface area contributed by atoms with Crippen molar-refractivity contribution in [3.8, 4) is 0 Å². The zero-order valence-corrected chi connectivity index (χ0v) is 12.3. The molecule has 2 aromatic rings. The Balaban J connectivity index is 2.10. The van der Waals surface area contributed by atoms with E-state index in [1.165, 1.54) is 16.0 Å². The molecule has 2 heterocycles. The van der Waals surface area contributed by atoms with Gasteiger partial charge in [0.15, 0.2) is 5.82 Å². The lowest BCUT2D eigenvalue weighted by atomic mass is 10.3. The summed E-state index contributed by atoms with van der Waals surface area (Å²) >= 11 is 1.48. The summed E-state index contributed by atoms with van der Waals surface area (Å²) in [5.41, 5.74) is 8.73. The van der Waals surface area contributed by atoms with Crippen LogP contribution in [0.3, 0.4) is 0 Å². The maximum absolute atomic E-state index is 12.2. The number of hydrogen-bond acceptors (Lipinski definition) is 6. The van der Waals surface area contributed by atoms with Gasteiger partial charge in [0.2, 0.25) is 10.0 Å². The quantitative estimate of drug-likeness (QED) is 0.826. The second kappa shape index (κ2) is 5.27. The lowest BCUT2D eigenvalue weighted by Gasteiger charge is -2.06. The molecule has 0 aliphatic heterocycles. The average molecular weight is 301 g/mol. The van der Waals surface area contributed by atoms with Gasteiger partial charge in [-0.25, -0.2) is 18.1 Å². The molecule has 3 N–H and O–H groups in total. The number of aromatic nitrogens is 3. The van der Waals surface area contributed by atoms with Crippen molar-refractivity contribution >= 4 is 27.2 Å². The number of sulfonamides is 1. The van der Waals surface area contributed by atoms with Crippen LogP contribution in [0, 0.1) is 6.92 Å². The second-order valence-electron chi connectivity index (χ2n) is 4.05. The highest BCUT2D eigenvalue weighted by Crippen LogP contribution is 2.20. The van der Waals surface area contributed by atoms with Crippen molar-refractivity contribution in [3.63, 3.8) is 0 Å². The predicted octanol–water partition coefficient (Wildman–Crippen LogP) is 0.288. The molecule has 0 aromatic carbocycles. The molecule has 0 unspecified atom stereocenters. The van der Waals surface area contributed by atoms with Crippen molar-refractivity contribution in [2.24, 2.45) is 7.05 Å². The molecule has 104 valence electrons. The van der Waals surface area contributed by atoms with Gasteiger partial charge in [0.1, 0.15) is 4.90 Å².